The molecule has 0 aromatic heterocycles. The van der Waals surface area contributed by atoms with Crippen molar-refractivity contribution in [2.24, 2.45) is 0 Å². The van der Waals surface area contributed by atoms with Crippen LogP contribution in [0.25, 0.3) is 0 Å². The molecule has 0 atom stereocenters. The normalized spacial score (nSPS) is 9.85. The van der Waals surface area contributed by atoms with Crippen LogP contribution in [-0.2, 0) is 0 Å². The number of rotatable bonds is 3. The molecule has 0 aliphatic carbocycles. The smallest absolute Gasteiger partial charge is 0.335 e. The molecule has 2 rings (SSSR count). The molecule has 0 saturated heterocycles. The van der Waals surface area contributed by atoms with E-state index in [0.717, 1.165) is 6.07 Å². The summed E-state index contributed by atoms with van der Waals surface area (Å²) in [6.07, 6.45) is 0. The van der Waals surface area contributed by atoms with E-state index in [1.165, 1.54) is 30.3 Å². The summed E-state index contributed by atoms with van der Waals surface area (Å²) < 4.78 is 19.1. The van der Waals surface area contributed by atoms with E-state index in [0.29, 0.717) is 4.47 Å². The molecule has 20 heavy (non-hydrogen) atoms. The number of hydrogen-bond acceptors (Lipinski definition) is 3. The zero-order chi connectivity index (χ0) is 14.7. The number of benzene rings is 2. The van der Waals surface area contributed by atoms with Gasteiger partial charge in [-0.1, -0.05) is 0 Å². The molecule has 0 amide bonds. The molecule has 0 unspecified atom stereocenters. The summed E-state index contributed by atoms with van der Waals surface area (Å²) in [7, 11) is 0. The second-order valence-electron chi connectivity index (χ2n) is 3.81. The molecule has 6 heteroatoms. The van der Waals surface area contributed by atoms with E-state index in [4.69, 9.17) is 15.1 Å². The van der Waals surface area contributed by atoms with Crippen molar-refractivity contribution < 1.29 is 19.0 Å². The van der Waals surface area contributed by atoms with Crippen molar-refractivity contribution in [3.8, 4) is 17.6 Å². The summed E-state index contributed by atoms with van der Waals surface area (Å²) in [6.45, 7) is 0. The molecule has 0 spiro atoms. The highest BCUT2D eigenvalue weighted by Crippen LogP contribution is 2.28. The Kier molecular flexibility index (Phi) is 4.01. The van der Waals surface area contributed by atoms with Gasteiger partial charge in [0.15, 0.2) is 0 Å². The number of halogens is 2. The molecule has 4 nitrogen and oxygen atoms in total. The van der Waals surface area contributed by atoms with Gasteiger partial charge in [0.1, 0.15) is 23.4 Å². The second-order valence-corrected chi connectivity index (χ2v) is 4.66. The standard InChI is InChI=1S/C14H7BrFNO3/c15-11-3-2-10(6-12(11)16)20-13-4-1-8(14(18)19)5-9(13)7-17/h1-6H,(H,18,19). The van der Waals surface area contributed by atoms with Gasteiger partial charge in [0.05, 0.1) is 15.6 Å². The predicted molar refractivity (Wildman–Crippen MR) is 72.3 cm³/mol. The summed E-state index contributed by atoms with van der Waals surface area (Å²) in [6, 6.07) is 9.89. The summed E-state index contributed by atoms with van der Waals surface area (Å²) in [5.74, 6) is -1.25. The minimum Gasteiger partial charge on any atom is -0.478 e. The van der Waals surface area contributed by atoms with E-state index in [-0.39, 0.29) is 22.6 Å². The average molecular weight is 336 g/mol. The Bertz CT molecular complexity index is 725. The Morgan fingerprint density at radius 1 is 1.30 bits per heavy atom. The Hall–Kier alpha value is -2.39. The number of aromatic carboxylic acids is 1. The van der Waals surface area contributed by atoms with E-state index in [1.54, 1.807) is 0 Å². The Morgan fingerprint density at radius 3 is 2.65 bits per heavy atom. The number of carboxylic acid groups (broad SMARTS) is 1. The number of carboxylic acids is 1. The van der Waals surface area contributed by atoms with Crippen molar-refractivity contribution in [3.63, 3.8) is 0 Å². The van der Waals surface area contributed by atoms with Gasteiger partial charge in [-0.2, -0.15) is 5.26 Å². The molecule has 0 aliphatic heterocycles. The lowest BCUT2D eigenvalue weighted by atomic mass is 10.1. The van der Waals surface area contributed by atoms with Crippen LogP contribution in [0.5, 0.6) is 11.5 Å². The zero-order valence-electron chi connectivity index (χ0n) is 9.93. The van der Waals surface area contributed by atoms with Gasteiger partial charge in [-0.3, -0.25) is 0 Å². The first-order chi connectivity index (χ1) is 9.51. The van der Waals surface area contributed by atoms with Crippen molar-refractivity contribution in [1.29, 1.82) is 5.26 Å². The van der Waals surface area contributed by atoms with Crippen molar-refractivity contribution in [2.45, 2.75) is 0 Å². The van der Waals surface area contributed by atoms with Crippen LogP contribution in [-0.4, -0.2) is 11.1 Å². The fourth-order valence-electron chi connectivity index (χ4n) is 1.51. The first-order valence-corrected chi connectivity index (χ1v) is 6.21. The van der Waals surface area contributed by atoms with E-state index >= 15 is 0 Å². The monoisotopic (exact) mass is 335 g/mol. The van der Waals surface area contributed by atoms with E-state index in [1.807, 2.05) is 6.07 Å². The van der Waals surface area contributed by atoms with Crippen LogP contribution in [0.15, 0.2) is 40.9 Å². The molecule has 2 aromatic carbocycles. The van der Waals surface area contributed by atoms with Crippen LogP contribution < -0.4 is 4.74 Å². The third-order valence-electron chi connectivity index (χ3n) is 2.47. The Labute approximate surface area is 122 Å². The molecule has 1 N–H and O–H groups in total. The molecular formula is C14H7BrFNO3. The van der Waals surface area contributed by atoms with Crippen molar-refractivity contribution >= 4 is 21.9 Å². The summed E-state index contributed by atoms with van der Waals surface area (Å²) in [5, 5.41) is 17.8. The SMILES string of the molecule is N#Cc1cc(C(=O)O)ccc1Oc1ccc(Br)c(F)c1. The molecule has 0 bridgehead atoms. The number of nitrogens with zero attached hydrogens (tertiary/aromatic N) is 1. The van der Waals surface area contributed by atoms with Gasteiger partial charge in [0, 0.05) is 6.07 Å². The summed E-state index contributed by atoms with van der Waals surface area (Å²) in [4.78, 5) is 10.8. The summed E-state index contributed by atoms with van der Waals surface area (Å²) >= 11 is 3.02. The maximum absolute atomic E-state index is 13.4. The zero-order valence-corrected chi connectivity index (χ0v) is 11.5. The molecular weight excluding hydrogens is 329 g/mol. The topological polar surface area (TPSA) is 70.3 Å². The minimum atomic E-state index is -1.14. The molecule has 2 aromatic rings. The lowest BCUT2D eigenvalue weighted by molar-refractivity contribution is 0.0697. The Morgan fingerprint density at radius 2 is 2.05 bits per heavy atom. The fraction of sp³-hybridized carbons (Fsp3) is 0. The van der Waals surface area contributed by atoms with Crippen LogP contribution in [0, 0.1) is 17.1 Å². The molecule has 0 fully saturated rings. The lowest BCUT2D eigenvalue weighted by Gasteiger charge is -2.08. The van der Waals surface area contributed by atoms with Gasteiger partial charge in [0.25, 0.3) is 0 Å². The molecule has 0 heterocycles. The number of hydrogen-bond donors (Lipinski definition) is 1. The molecule has 0 aliphatic rings. The fourth-order valence-corrected chi connectivity index (χ4v) is 1.75. The van der Waals surface area contributed by atoms with E-state index in [2.05, 4.69) is 15.9 Å². The third kappa shape index (κ3) is 2.95. The summed E-state index contributed by atoms with van der Waals surface area (Å²) in [5.41, 5.74) is 0.0455. The number of carbonyl (C=O) groups is 1. The van der Waals surface area contributed by atoms with Gasteiger partial charge >= 0.3 is 5.97 Å². The second kappa shape index (κ2) is 5.72. The highest BCUT2D eigenvalue weighted by Gasteiger charge is 2.11. The van der Waals surface area contributed by atoms with Gasteiger partial charge in [-0.25, -0.2) is 9.18 Å². The van der Waals surface area contributed by atoms with Crippen molar-refractivity contribution in [1.82, 2.24) is 0 Å². The highest BCUT2D eigenvalue weighted by molar-refractivity contribution is 9.10. The number of ether oxygens (including phenoxy) is 1. The van der Waals surface area contributed by atoms with Gasteiger partial charge in [0.2, 0.25) is 0 Å². The Balaban J connectivity index is 2.36. The van der Waals surface area contributed by atoms with Gasteiger partial charge in [-0.15, -0.1) is 0 Å². The maximum atomic E-state index is 13.4. The van der Waals surface area contributed by atoms with Crippen molar-refractivity contribution in [2.75, 3.05) is 0 Å². The van der Waals surface area contributed by atoms with Crippen LogP contribution in [0.4, 0.5) is 4.39 Å². The van der Waals surface area contributed by atoms with Crippen LogP contribution in [0.2, 0.25) is 0 Å². The van der Waals surface area contributed by atoms with Crippen molar-refractivity contribution in [3.05, 3.63) is 57.8 Å². The van der Waals surface area contributed by atoms with Crippen LogP contribution in [0.3, 0.4) is 0 Å². The first kappa shape index (κ1) is 14.0. The quantitative estimate of drug-likeness (QED) is 0.921. The van der Waals surface area contributed by atoms with Crippen LogP contribution in [0.1, 0.15) is 15.9 Å². The molecule has 0 radical (unpaired) electrons. The van der Waals surface area contributed by atoms with E-state index < -0.39 is 11.8 Å². The maximum Gasteiger partial charge on any atom is 0.335 e. The molecule has 100 valence electrons. The molecule has 0 saturated carbocycles. The lowest BCUT2D eigenvalue weighted by Crippen LogP contribution is -1.98. The minimum absolute atomic E-state index is 0.0177. The van der Waals surface area contributed by atoms with Gasteiger partial charge < -0.3 is 9.84 Å². The number of nitriles is 1. The van der Waals surface area contributed by atoms with Crippen LogP contribution >= 0.6 is 15.9 Å². The average Bonchev–Trinajstić information content (AvgIpc) is 2.43. The predicted octanol–water partition coefficient (Wildman–Crippen LogP) is 3.95. The van der Waals surface area contributed by atoms with Gasteiger partial charge in [-0.05, 0) is 46.3 Å². The third-order valence-corrected chi connectivity index (χ3v) is 3.11. The van der Waals surface area contributed by atoms with E-state index in [9.17, 15) is 9.18 Å². The largest absolute Gasteiger partial charge is 0.478 e. The first-order valence-electron chi connectivity index (χ1n) is 5.41. The highest BCUT2D eigenvalue weighted by atomic mass is 79.9.